The summed E-state index contributed by atoms with van der Waals surface area (Å²) >= 11 is 12.3. The molecule has 0 saturated carbocycles. The standard InChI is InChI=1S/C21H20Cl2N2O4/c1-4-9-25-20(26)18(14-7-5-12(22)10-15(14)23)19(21(25)27)24-13-6-8-16(28-2)17(11-13)29-3/h5-8,10-11,24H,4,9H2,1-3H3. The van der Waals surface area contributed by atoms with Gasteiger partial charge < -0.3 is 14.8 Å². The van der Waals surface area contributed by atoms with Crippen molar-refractivity contribution in [1.82, 2.24) is 4.90 Å². The molecule has 0 saturated heterocycles. The second-order valence-corrected chi connectivity index (χ2v) is 7.17. The maximum Gasteiger partial charge on any atom is 0.278 e. The Morgan fingerprint density at radius 2 is 1.69 bits per heavy atom. The molecule has 1 aliphatic heterocycles. The van der Waals surface area contributed by atoms with Crippen molar-refractivity contribution in [2.24, 2.45) is 0 Å². The van der Waals surface area contributed by atoms with Gasteiger partial charge in [-0.1, -0.05) is 36.2 Å². The fraction of sp³-hybridized carbons (Fsp3) is 0.238. The largest absolute Gasteiger partial charge is 0.493 e. The molecule has 2 aromatic rings. The number of hydrogen-bond donors (Lipinski definition) is 1. The number of benzene rings is 2. The van der Waals surface area contributed by atoms with Gasteiger partial charge in [0.05, 0.1) is 24.8 Å². The van der Waals surface area contributed by atoms with E-state index in [1.807, 2.05) is 6.92 Å². The Labute approximate surface area is 179 Å². The molecule has 0 fully saturated rings. The molecule has 29 heavy (non-hydrogen) atoms. The predicted octanol–water partition coefficient (Wildman–Crippen LogP) is 4.61. The van der Waals surface area contributed by atoms with Gasteiger partial charge in [-0.15, -0.1) is 0 Å². The van der Waals surface area contributed by atoms with Crippen LogP contribution in [0.3, 0.4) is 0 Å². The monoisotopic (exact) mass is 434 g/mol. The van der Waals surface area contributed by atoms with Gasteiger partial charge in [0.1, 0.15) is 5.70 Å². The van der Waals surface area contributed by atoms with E-state index in [2.05, 4.69) is 5.32 Å². The molecule has 1 aliphatic rings. The van der Waals surface area contributed by atoms with E-state index in [0.717, 1.165) is 0 Å². The van der Waals surface area contributed by atoms with Crippen molar-refractivity contribution in [3.63, 3.8) is 0 Å². The predicted molar refractivity (Wildman–Crippen MR) is 114 cm³/mol. The number of hydrogen-bond acceptors (Lipinski definition) is 5. The van der Waals surface area contributed by atoms with Crippen LogP contribution >= 0.6 is 23.2 Å². The van der Waals surface area contributed by atoms with Gasteiger partial charge in [0.2, 0.25) is 0 Å². The second-order valence-electron chi connectivity index (χ2n) is 6.33. The molecule has 6 nitrogen and oxygen atoms in total. The third kappa shape index (κ3) is 4.04. The number of methoxy groups -OCH3 is 2. The highest BCUT2D eigenvalue weighted by atomic mass is 35.5. The average molecular weight is 435 g/mol. The summed E-state index contributed by atoms with van der Waals surface area (Å²) in [5.74, 6) is 0.234. The van der Waals surface area contributed by atoms with E-state index in [1.165, 1.54) is 19.1 Å². The fourth-order valence-electron chi connectivity index (χ4n) is 3.12. The van der Waals surface area contributed by atoms with Gasteiger partial charge in [-0.3, -0.25) is 14.5 Å². The highest BCUT2D eigenvalue weighted by molar-refractivity contribution is 6.41. The first-order valence-electron chi connectivity index (χ1n) is 8.96. The number of carbonyl (C=O) groups is 2. The number of imide groups is 1. The van der Waals surface area contributed by atoms with Crippen molar-refractivity contribution in [2.45, 2.75) is 13.3 Å². The van der Waals surface area contributed by atoms with E-state index in [4.69, 9.17) is 32.7 Å². The smallest absolute Gasteiger partial charge is 0.278 e. The SMILES string of the molecule is CCCN1C(=O)C(Nc2ccc(OC)c(OC)c2)=C(c2ccc(Cl)cc2Cl)C1=O. The quantitative estimate of drug-likeness (QED) is 0.644. The lowest BCUT2D eigenvalue weighted by Gasteiger charge is -2.14. The summed E-state index contributed by atoms with van der Waals surface area (Å²) in [5, 5.41) is 3.80. The third-order valence-electron chi connectivity index (χ3n) is 4.47. The maximum absolute atomic E-state index is 13.0. The normalized spacial score (nSPS) is 13.9. The fourth-order valence-corrected chi connectivity index (χ4v) is 3.62. The molecular formula is C21H20Cl2N2O4. The minimum absolute atomic E-state index is 0.153. The van der Waals surface area contributed by atoms with Crippen LogP contribution in [-0.4, -0.2) is 37.5 Å². The first-order valence-corrected chi connectivity index (χ1v) is 9.71. The van der Waals surface area contributed by atoms with Crippen LogP contribution in [0.25, 0.3) is 5.57 Å². The van der Waals surface area contributed by atoms with Crippen LogP contribution in [0, 0.1) is 0 Å². The van der Waals surface area contributed by atoms with Crippen molar-refractivity contribution in [3.05, 3.63) is 57.7 Å². The molecule has 0 atom stereocenters. The Balaban J connectivity index is 2.10. The summed E-state index contributed by atoms with van der Waals surface area (Å²) in [5.41, 5.74) is 1.37. The van der Waals surface area contributed by atoms with Crippen LogP contribution < -0.4 is 14.8 Å². The zero-order chi connectivity index (χ0) is 21.1. The zero-order valence-corrected chi connectivity index (χ0v) is 17.7. The summed E-state index contributed by atoms with van der Waals surface area (Å²) < 4.78 is 10.6. The number of nitrogens with one attached hydrogen (secondary N) is 1. The van der Waals surface area contributed by atoms with E-state index < -0.39 is 11.8 Å². The first-order chi connectivity index (χ1) is 13.9. The molecule has 0 unspecified atom stereocenters. The lowest BCUT2D eigenvalue weighted by Crippen LogP contribution is -2.33. The Morgan fingerprint density at radius 1 is 0.966 bits per heavy atom. The summed E-state index contributed by atoms with van der Waals surface area (Å²) in [4.78, 5) is 27.3. The lowest BCUT2D eigenvalue weighted by molar-refractivity contribution is -0.136. The van der Waals surface area contributed by atoms with Gasteiger partial charge >= 0.3 is 0 Å². The zero-order valence-electron chi connectivity index (χ0n) is 16.2. The van der Waals surface area contributed by atoms with Gasteiger partial charge in [-0.05, 0) is 30.7 Å². The van der Waals surface area contributed by atoms with Crippen molar-refractivity contribution in [2.75, 3.05) is 26.1 Å². The van der Waals surface area contributed by atoms with Crippen LogP contribution in [0.2, 0.25) is 10.0 Å². The van der Waals surface area contributed by atoms with E-state index in [0.29, 0.717) is 45.8 Å². The molecule has 2 amide bonds. The number of nitrogens with zero attached hydrogens (tertiary/aromatic N) is 1. The van der Waals surface area contributed by atoms with Gasteiger partial charge in [0.15, 0.2) is 11.5 Å². The van der Waals surface area contributed by atoms with Gasteiger partial charge in [0, 0.05) is 28.9 Å². The maximum atomic E-state index is 13.0. The summed E-state index contributed by atoms with van der Waals surface area (Å²) in [7, 11) is 3.06. The van der Waals surface area contributed by atoms with Gasteiger partial charge in [-0.25, -0.2) is 0 Å². The number of anilines is 1. The third-order valence-corrected chi connectivity index (χ3v) is 5.02. The van der Waals surface area contributed by atoms with Crippen LogP contribution in [0.15, 0.2) is 42.1 Å². The number of ether oxygens (including phenoxy) is 2. The molecule has 8 heteroatoms. The topological polar surface area (TPSA) is 67.9 Å². The van der Waals surface area contributed by atoms with E-state index in [-0.39, 0.29) is 11.3 Å². The second kappa shape index (κ2) is 8.76. The Kier molecular flexibility index (Phi) is 6.35. The van der Waals surface area contributed by atoms with Crippen LogP contribution in [0.4, 0.5) is 5.69 Å². The molecule has 1 heterocycles. The number of amides is 2. The van der Waals surface area contributed by atoms with Crippen molar-refractivity contribution >= 4 is 46.3 Å². The van der Waals surface area contributed by atoms with Crippen LogP contribution in [0.1, 0.15) is 18.9 Å². The summed E-state index contributed by atoms with van der Waals surface area (Å²) in [6, 6.07) is 9.94. The number of carbonyl (C=O) groups excluding carboxylic acids is 2. The van der Waals surface area contributed by atoms with Crippen molar-refractivity contribution in [1.29, 1.82) is 0 Å². The first kappa shape index (κ1) is 21.0. The van der Waals surface area contributed by atoms with E-state index in [1.54, 1.807) is 36.4 Å². The lowest BCUT2D eigenvalue weighted by atomic mass is 10.0. The molecule has 1 N–H and O–H groups in total. The Morgan fingerprint density at radius 3 is 2.31 bits per heavy atom. The minimum Gasteiger partial charge on any atom is -0.493 e. The van der Waals surface area contributed by atoms with Crippen LogP contribution in [-0.2, 0) is 9.59 Å². The highest BCUT2D eigenvalue weighted by Crippen LogP contribution is 2.37. The molecule has 0 radical (unpaired) electrons. The molecule has 0 aromatic heterocycles. The molecule has 152 valence electrons. The highest BCUT2D eigenvalue weighted by Gasteiger charge is 2.39. The summed E-state index contributed by atoms with van der Waals surface area (Å²) in [6.07, 6.45) is 0.642. The molecule has 0 bridgehead atoms. The Hall–Kier alpha value is -2.70. The average Bonchev–Trinajstić information content (AvgIpc) is 2.93. The molecule has 2 aromatic carbocycles. The Bertz CT molecular complexity index is 1000. The van der Waals surface area contributed by atoms with E-state index in [9.17, 15) is 9.59 Å². The molecule has 0 spiro atoms. The number of halogens is 2. The van der Waals surface area contributed by atoms with Crippen molar-refractivity contribution < 1.29 is 19.1 Å². The molecule has 3 rings (SSSR count). The van der Waals surface area contributed by atoms with E-state index >= 15 is 0 Å². The number of rotatable bonds is 7. The van der Waals surface area contributed by atoms with Gasteiger partial charge in [-0.2, -0.15) is 0 Å². The minimum atomic E-state index is -0.410. The summed E-state index contributed by atoms with van der Waals surface area (Å²) in [6.45, 7) is 2.21. The van der Waals surface area contributed by atoms with Crippen LogP contribution in [0.5, 0.6) is 11.5 Å². The molecular weight excluding hydrogens is 415 g/mol. The van der Waals surface area contributed by atoms with Crippen molar-refractivity contribution in [3.8, 4) is 11.5 Å². The van der Waals surface area contributed by atoms with Gasteiger partial charge in [0.25, 0.3) is 11.8 Å². The molecule has 0 aliphatic carbocycles.